The number of rotatable bonds is 23. The van der Waals surface area contributed by atoms with Crippen LogP contribution in [0.3, 0.4) is 0 Å². The second kappa shape index (κ2) is 27.1. The molecule has 0 radical (unpaired) electrons. The maximum absolute atomic E-state index is 16.1. The zero-order chi connectivity index (χ0) is 61.4. The molecule has 5 aromatic rings. The number of hydrogen-bond donors (Lipinski definition) is 8. The number of ether oxygens (including phenoxy) is 2. The third-order valence-corrected chi connectivity index (χ3v) is 16.4. The molecule has 0 saturated carbocycles. The van der Waals surface area contributed by atoms with Gasteiger partial charge in [-0.05, 0) is 110 Å². The number of nitrogens with two attached hydrogens (primary N) is 1. The van der Waals surface area contributed by atoms with E-state index < -0.39 is 103 Å². The summed E-state index contributed by atoms with van der Waals surface area (Å²) in [7, 11) is -5.10. The molecule has 0 unspecified atom stereocenters. The number of aryl methyl sites for hydroxylation is 1. The van der Waals surface area contributed by atoms with Gasteiger partial charge in [0.1, 0.15) is 36.3 Å². The number of carbonyl (C=O) groups excluding carboxylic acids is 8. The van der Waals surface area contributed by atoms with E-state index in [0.29, 0.717) is 30.3 Å². The van der Waals surface area contributed by atoms with Crippen LogP contribution in [0.15, 0.2) is 77.3 Å². The molecule has 5 heterocycles. The monoisotopic (exact) mass is 1190 g/mol. The van der Waals surface area contributed by atoms with E-state index in [1.54, 1.807) is 24.3 Å². The second-order valence-electron chi connectivity index (χ2n) is 22.0. The van der Waals surface area contributed by atoms with Gasteiger partial charge < -0.3 is 70.3 Å². The average molecular weight is 1190 g/mol. The Morgan fingerprint density at radius 1 is 0.953 bits per heavy atom. The van der Waals surface area contributed by atoms with Crippen LogP contribution in [-0.4, -0.2) is 156 Å². The molecule has 9 N–H and O–H groups in total. The predicted molar refractivity (Wildman–Crippen MR) is 304 cm³/mol. The number of terminal acetylenes is 1. The Kier molecular flexibility index (Phi) is 19.9. The van der Waals surface area contributed by atoms with Crippen LogP contribution in [0.5, 0.6) is 11.6 Å². The molecule has 8 atom stereocenters. The van der Waals surface area contributed by atoms with Crippen molar-refractivity contribution >= 4 is 65.4 Å². The van der Waals surface area contributed by atoms with Crippen LogP contribution >= 0.6 is 7.60 Å². The molecular weight excluding hydrogens is 1120 g/mol. The van der Waals surface area contributed by atoms with Crippen molar-refractivity contribution in [2.75, 3.05) is 32.8 Å². The number of β-amino-alcohol motifs (C(OH)–C–C–N with tert-alkyl or cyclic N) is 1. The van der Waals surface area contributed by atoms with Gasteiger partial charge in [0.25, 0.3) is 17.3 Å². The highest BCUT2D eigenvalue weighted by Crippen LogP contribution is 2.40. The lowest BCUT2D eigenvalue weighted by molar-refractivity contribution is -0.145. The molecule has 85 heavy (non-hydrogen) atoms. The van der Waals surface area contributed by atoms with E-state index in [9.17, 15) is 57.8 Å². The standard InChI is InChI=1S/C59H69FN9O15P/c1-6-35-12-14-36(15-13-35)33(4)62-56(75)47-27-42(71)29-68(47)58(77)52(32(2)3)49-28-51(66-84-49)82-24-8-10-37-9-7-11-48(53(37)60)83-31-40(17-21-50(61)72)63-55(74)46-20-18-41-22-23-67(34(5)70)30-45(57(76)69(41)46)65-54(73)44-26-39-25-38(16-19-43(39)64-44)59(78)85(79,80)81/h1,7,9,11-16,19,25-26,28,32-33,40-42,45-47,52,64,71H,8,10,17-18,20-24,27,29-31H2,2-5H3,(H2,61,72)(H,62,75)(H,63,74)(H,65,73)(H2,79,80,81)/t33-,40-,41+,42+,45-,46-,47-,52+/m0/s1. The van der Waals surface area contributed by atoms with Crippen LogP contribution in [0.2, 0.25) is 0 Å². The highest BCUT2D eigenvalue weighted by molar-refractivity contribution is 7.70. The SMILES string of the molecule is C#Cc1ccc([C@H](C)NC(=O)[C@@H]2C[C@@H](O)CN2C(=O)[C@@H](c2cc(OCCCc3cccc(OC[C@H](CCC(N)=O)NC(=O)[C@@H]4CC[C@@H]5CCN(C(C)=O)C[C@H](NC(=O)c6cc7cc(C(=O)P(=O)(O)O)ccc7[nH]6)C(=O)N54)c3F)no2)C(C)C)cc1. The van der Waals surface area contributed by atoms with E-state index in [0.717, 1.165) is 5.56 Å². The molecule has 8 rings (SSSR count). The topological polar surface area (TPSA) is 346 Å². The van der Waals surface area contributed by atoms with Crippen LogP contribution in [0.4, 0.5) is 4.39 Å². The van der Waals surface area contributed by atoms with Gasteiger partial charge in [-0.3, -0.25) is 42.9 Å². The molecule has 0 bridgehead atoms. The Labute approximate surface area is 488 Å². The average Bonchev–Trinajstić information content (AvgIpc) is 3.51. The summed E-state index contributed by atoms with van der Waals surface area (Å²) in [4.78, 5) is 133. The van der Waals surface area contributed by atoms with Crippen LogP contribution in [0.25, 0.3) is 10.9 Å². The zero-order valence-corrected chi connectivity index (χ0v) is 48.2. The van der Waals surface area contributed by atoms with Crippen molar-refractivity contribution in [3.05, 3.63) is 112 Å². The largest absolute Gasteiger partial charge is 0.488 e. The first kappa shape index (κ1) is 62.6. The van der Waals surface area contributed by atoms with Crippen LogP contribution in [-0.2, 0) is 39.8 Å². The van der Waals surface area contributed by atoms with Crippen molar-refractivity contribution in [1.82, 2.24) is 40.8 Å². The van der Waals surface area contributed by atoms with E-state index in [1.165, 1.54) is 58.0 Å². The fourth-order valence-corrected chi connectivity index (χ4v) is 11.6. The van der Waals surface area contributed by atoms with Gasteiger partial charge in [-0.2, -0.15) is 0 Å². The fraction of sp³-hybridized carbons (Fsp3) is 0.441. The minimum atomic E-state index is -5.10. The maximum atomic E-state index is 16.1. The van der Waals surface area contributed by atoms with Crippen molar-refractivity contribution < 1.29 is 76.2 Å². The molecule has 452 valence electrons. The first-order valence-electron chi connectivity index (χ1n) is 28.0. The number of carbonyl (C=O) groups is 8. The Balaban J connectivity index is 0.866. The molecule has 3 aromatic carbocycles. The number of hydrogen-bond acceptors (Lipinski definition) is 14. The Morgan fingerprint density at radius 3 is 2.39 bits per heavy atom. The van der Waals surface area contributed by atoms with Crippen molar-refractivity contribution in [2.45, 2.75) is 127 Å². The van der Waals surface area contributed by atoms with Gasteiger partial charge in [-0.15, -0.1) is 6.42 Å². The molecule has 2 aromatic heterocycles. The number of likely N-dealkylation sites (tertiary alicyclic amines) is 1. The number of aliphatic hydroxyl groups excluding tert-OH is 1. The van der Waals surface area contributed by atoms with Gasteiger partial charge in [0.15, 0.2) is 17.3 Å². The summed E-state index contributed by atoms with van der Waals surface area (Å²) < 4.78 is 45.2. The summed E-state index contributed by atoms with van der Waals surface area (Å²) in [6, 6.07) is 13.2. The van der Waals surface area contributed by atoms with Gasteiger partial charge >= 0.3 is 7.60 Å². The molecular formula is C59H69FN9O15P. The summed E-state index contributed by atoms with van der Waals surface area (Å²) in [6.07, 6.45) is 5.82. The molecule has 3 saturated heterocycles. The third-order valence-electron chi connectivity index (χ3n) is 15.6. The number of aromatic nitrogens is 2. The number of fused-ring (bicyclic) bond motifs is 2. The van der Waals surface area contributed by atoms with Gasteiger partial charge in [-0.1, -0.05) is 44.0 Å². The number of benzene rings is 3. The lowest BCUT2D eigenvalue weighted by atomic mass is 9.91. The number of primary amides is 1. The van der Waals surface area contributed by atoms with Gasteiger partial charge in [0.2, 0.25) is 35.4 Å². The van der Waals surface area contributed by atoms with Crippen LogP contribution in [0, 0.1) is 24.1 Å². The molecule has 26 heteroatoms. The quantitative estimate of drug-likeness (QED) is 0.0262. The second-order valence-corrected chi connectivity index (χ2v) is 23.5. The number of aromatic amines is 1. The predicted octanol–water partition coefficient (Wildman–Crippen LogP) is 3.72. The van der Waals surface area contributed by atoms with Gasteiger partial charge in [0, 0.05) is 73.5 Å². The minimum Gasteiger partial charge on any atom is -0.488 e. The molecule has 7 amide bonds. The van der Waals surface area contributed by atoms with E-state index in [1.807, 2.05) is 32.9 Å². The summed E-state index contributed by atoms with van der Waals surface area (Å²) >= 11 is 0. The Morgan fingerprint density at radius 2 is 1.69 bits per heavy atom. The summed E-state index contributed by atoms with van der Waals surface area (Å²) in [6.45, 7) is 6.45. The molecule has 3 fully saturated rings. The summed E-state index contributed by atoms with van der Waals surface area (Å²) in [5.74, 6) is -3.08. The van der Waals surface area contributed by atoms with Crippen molar-refractivity contribution in [3.63, 3.8) is 0 Å². The number of nitrogens with zero attached hydrogens (tertiary/aromatic N) is 4. The smallest absolute Gasteiger partial charge is 0.396 e. The molecule has 3 aliphatic heterocycles. The normalized spacial score (nSPS) is 19.9. The number of halogens is 1. The van der Waals surface area contributed by atoms with Gasteiger partial charge in [0.05, 0.1) is 24.8 Å². The van der Waals surface area contributed by atoms with E-state index in [2.05, 4.69) is 32.0 Å². The lowest BCUT2D eigenvalue weighted by Gasteiger charge is -2.38. The molecule has 3 aliphatic rings. The van der Waals surface area contributed by atoms with Gasteiger partial charge in [-0.25, -0.2) is 4.39 Å². The highest BCUT2D eigenvalue weighted by Gasteiger charge is 2.47. The first-order valence-corrected chi connectivity index (χ1v) is 29.6. The Bertz CT molecular complexity index is 3430. The Hall–Kier alpha value is -8.43. The van der Waals surface area contributed by atoms with E-state index >= 15 is 4.39 Å². The highest BCUT2D eigenvalue weighted by atomic mass is 31.2. The third kappa shape index (κ3) is 15.1. The fourth-order valence-electron chi connectivity index (χ4n) is 11.1. The lowest BCUT2D eigenvalue weighted by Crippen LogP contribution is -2.61. The molecule has 0 spiro atoms. The number of aliphatic hydroxyl groups is 1. The van der Waals surface area contributed by atoms with E-state index in [4.69, 9.17) is 26.2 Å². The first-order chi connectivity index (χ1) is 40.4. The number of H-pyrrole nitrogens is 1. The minimum absolute atomic E-state index is 0.00541. The molecule has 0 aliphatic carbocycles. The maximum Gasteiger partial charge on any atom is 0.396 e. The number of amides is 7. The van der Waals surface area contributed by atoms with E-state index in [-0.39, 0.29) is 116 Å². The van der Waals surface area contributed by atoms with Crippen molar-refractivity contribution in [2.24, 2.45) is 11.7 Å². The number of nitrogens with one attached hydrogen (secondary N) is 4. The summed E-state index contributed by atoms with van der Waals surface area (Å²) in [5.41, 5.74) is 5.88. The van der Waals surface area contributed by atoms with Crippen LogP contribution in [0.1, 0.15) is 128 Å². The summed E-state index contributed by atoms with van der Waals surface area (Å²) in [5, 5.41) is 23.4. The molecule has 24 nitrogen and oxygen atoms in total. The zero-order valence-electron chi connectivity index (χ0n) is 47.3. The van der Waals surface area contributed by atoms with Crippen molar-refractivity contribution in [1.29, 1.82) is 0 Å². The van der Waals surface area contributed by atoms with Crippen molar-refractivity contribution in [3.8, 4) is 24.0 Å². The van der Waals surface area contributed by atoms with Crippen LogP contribution < -0.4 is 31.2 Å².